The number of aryl methyl sites for hydroxylation is 1. The van der Waals surface area contributed by atoms with Crippen LogP contribution in [0.1, 0.15) is 20.9 Å². The Labute approximate surface area is 103 Å². The van der Waals surface area contributed by atoms with Crippen molar-refractivity contribution in [3.63, 3.8) is 0 Å². The molecule has 0 saturated carbocycles. The molecule has 88 valence electrons. The largest absolute Gasteiger partial charge is 0.476 e. The van der Waals surface area contributed by atoms with Crippen LogP contribution in [0.4, 0.5) is 0 Å². The summed E-state index contributed by atoms with van der Waals surface area (Å²) in [5.41, 5.74) is 7.61. The average molecular weight is 248 g/mol. The first-order chi connectivity index (χ1) is 8.11. The minimum absolute atomic E-state index is 0.132. The van der Waals surface area contributed by atoms with E-state index < -0.39 is 5.97 Å². The Morgan fingerprint density at radius 2 is 2.06 bits per heavy atom. The van der Waals surface area contributed by atoms with Crippen LogP contribution in [0.5, 0.6) is 0 Å². The van der Waals surface area contributed by atoms with Gasteiger partial charge in [0, 0.05) is 17.0 Å². The van der Waals surface area contributed by atoms with Gasteiger partial charge in [0.15, 0.2) is 5.69 Å². The van der Waals surface area contributed by atoms with E-state index in [0.717, 1.165) is 21.0 Å². The minimum Gasteiger partial charge on any atom is -0.476 e. The van der Waals surface area contributed by atoms with Gasteiger partial charge >= 0.3 is 5.97 Å². The molecule has 5 heteroatoms. The number of aromatic carboxylic acids is 1. The molecule has 0 fully saturated rings. The quantitative estimate of drug-likeness (QED) is 0.873. The van der Waals surface area contributed by atoms with Crippen molar-refractivity contribution in [1.82, 2.24) is 4.98 Å². The van der Waals surface area contributed by atoms with Crippen LogP contribution in [0, 0.1) is 6.92 Å². The summed E-state index contributed by atoms with van der Waals surface area (Å²) in [6.45, 7) is 2.26. The van der Waals surface area contributed by atoms with E-state index in [0.29, 0.717) is 6.54 Å². The maximum Gasteiger partial charge on any atom is 0.355 e. The maximum absolute atomic E-state index is 10.9. The lowest BCUT2D eigenvalue weighted by molar-refractivity contribution is 0.0690. The lowest BCUT2D eigenvalue weighted by Gasteiger charge is -1.98. The van der Waals surface area contributed by atoms with Crippen LogP contribution < -0.4 is 5.73 Å². The third kappa shape index (κ3) is 2.35. The highest BCUT2D eigenvalue weighted by molar-refractivity contribution is 7.15. The predicted molar refractivity (Wildman–Crippen MR) is 67.1 cm³/mol. The summed E-state index contributed by atoms with van der Waals surface area (Å²) in [7, 11) is 0. The first-order valence-electron chi connectivity index (χ1n) is 5.12. The molecule has 17 heavy (non-hydrogen) atoms. The Balaban J connectivity index is 2.39. The number of nitrogens with two attached hydrogens (primary N) is 1. The second kappa shape index (κ2) is 4.65. The van der Waals surface area contributed by atoms with Gasteiger partial charge in [0.05, 0.1) is 0 Å². The Morgan fingerprint density at radius 1 is 1.41 bits per heavy atom. The lowest BCUT2D eigenvalue weighted by atomic mass is 10.1. The van der Waals surface area contributed by atoms with Crippen molar-refractivity contribution < 1.29 is 9.90 Å². The molecule has 4 nitrogen and oxygen atoms in total. The molecule has 0 amide bonds. The van der Waals surface area contributed by atoms with Gasteiger partial charge in [-0.25, -0.2) is 9.78 Å². The number of nitrogens with zero attached hydrogens (tertiary/aromatic N) is 1. The SMILES string of the molecule is Cc1sc(-c2ccc(CN)cc2)nc1C(=O)O. The molecule has 1 heterocycles. The van der Waals surface area contributed by atoms with E-state index in [1.165, 1.54) is 11.3 Å². The molecular formula is C12H12N2O2S. The topological polar surface area (TPSA) is 76.2 Å². The number of carbonyl (C=O) groups is 1. The van der Waals surface area contributed by atoms with Crippen LogP contribution in [-0.2, 0) is 6.54 Å². The van der Waals surface area contributed by atoms with Gasteiger partial charge in [-0.05, 0) is 12.5 Å². The van der Waals surface area contributed by atoms with Crippen molar-refractivity contribution in [2.45, 2.75) is 13.5 Å². The summed E-state index contributed by atoms with van der Waals surface area (Å²) in [6.07, 6.45) is 0. The fourth-order valence-corrected chi connectivity index (χ4v) is 2.41. The van der Waals surface area contributed by atoms with Gasteiger partial charge < -0.3 is 10.8 Å². The minimum atomic E-state index is -0.983. The number of hydrogen-bond donors (Lipinski definition) is 2. The molecule has 0 spiro atoms. The van der Waals surface area contributed by atoms with Crippen molar-refractivity contribution in [2.75, 3.05) is 0 Å². The molecule has 0 atom stereocenters. The van der Waals surface area contributed by atoms with Crippen LogP contribution in [-0.4, -0.2) is 16.1 Å². The Kier molecular flexibility index (Phi) is 3.21. The van der Waals surface area contributed by atoms with Crippen molar-refractivity contribution in [3.8, 4) is 10.6 Å². The van der Waals surface area contributed by atoms with Crippen LogP contribution in [0.3, 0.4) is 0 Å². The van der Waals surface area contributed by atoms with E-state index >= 15 is 0 Å². The molecule has 0 bridgehead atoms. The number of hydrogen-bond acceptors (Lipinski definition) is 4. The third-order valence-electron chi connectivity index (χ3n) is 2.44. The monoisotopic (exact) mass is 248 g/mol. The summed E-state index contributed by atoms with van der Waals surface area (Å²) in [5.74, 6) is -0.983. The van der Waals surface area contributed by atoms with E-state index in [-0.39, 0.29) is 5.69 Å². The third-order valence-corrected chi connectivity index (χ3v) is 3.46. The zero-order chi connectivity index (χ0) is 12.4. The number of carboxylic acid groups (broad SMARTS) is 1. The Morgan fingerprint density at radius 3 is 2.53 bits per heavy atom. The highest BCUT2D eigenvalue weighted by Gasteiger charge is 2.14. The number of carboxylic acids is 1. The molecule has 0 saturated heterocycles. The van der Waals surface area contributed by atoms with Crippen LogP contribution in [0.2, 0.25) is 0 Å². The Bertz CT molecular complexity index is 546. The molecule has 0 aliphatic carbocycles. The number of rotatable bonds is 3. The number of benzene rings is 1. The zero-order valence-electron chi connectivity index (χ0n) is 9.30. The van der Waals surface area contributed by atoms with Gasteiger partial charge in [-0.3, -0.25) is 0 Å². The molecule has 1 aromatic heterocycles. The van der Waals surface area contributed by atoms with Crippen molar-refractivity contribution >= 4 is 17.3 Å². The van der Waals surface area contributed by atoms with Crippen molar-refractivity contribution in [1.29, 1.82) is 0 Å². The smallest absolute Gasteiger partial charge is 0.355 e. The summed E-state index contributed by atoms with van der Waals surface area (Å²) in [6, 6.07) is 7.66. The average Bonchev–Trinajstić information content (AvgIpc) is 2.71. The second-order valence-electron chi connectivity index (χ2n) is 3.63. The van der Waals surface area contributed by atoms with E-state index in [1.54, 1.807) is 6.92 Å². The molecule has 0 aliphatic rings. The molecule has 2 aromatic rings. The van der Waals surface area contributed by atoms with Crippen molar-refractivity contribution in [2.24, 2.45) is 5.73 Å². The second-order valence-corrected chi connectivity index (χ2v) is 4.83. The molecule has 1 aromatic carbocycles. The predicted octanol–water partition coefficient (Wildman–Crippen LogP) is 2.28. The number of thiazole rings is 1. The summed E-state index contributed by atoms with van der Waals surface area (Å²) in [5, 5.41) is 9.66. The molecule has 2 rings (SSSR count). The van der Waals surface area contributed by atoms with Crippen molar-refractivity contribution in [3.05, 3.63) is 40.4 Å². The van der Waals surface area contributed by atoms with E-state index in [2.05, 4.69) is 4.98 Å². The fourth-order valence-electron chi connectivity index (χ4n) is 1.50. The highest BCUT2D eigenvalue weighted by Crippen LogP contribution is 2.27. The summed E-state index contributed by atoms with van der Waals surface area (Å²) in [4.78, 5) is 15.7. The summed E-state index contributed by atoms with van der Waals surface area (Å²) >= 11 is 1.39. The van der Waals surface area contributed by atoms with Gasteiger partial charge in [-0.2, -0.15) is 0 Å². The first kappa shape index (κ1) is 11.8. The van der Waals surface area contributed by atoms with Gasteiger partial charge in [-0.15, -0.1) is 11.3 Å². The van der Waals surface area contributed by atoms with E-state index in [1.807, 2.05) is 24.3 Å². The zero-order valence-corrected chi connectivity index (χ0v) is 10.1. The molecule has 0 unspecified atom stereocenters. The standard InChI is InChI=1S/C12H12N2O2S/c1-7-10(12(15)16)14-11(17-7)9-4-2-8(6-13)3-5-9/h2-5H,6,13H2,1H3,(H,15,16). The van der Waals surface area contributed by atoms with Gasteiger partial charge in [0.1, 0.15) is 5.01 Å². The Hall–Kier alpha value is -1.72. The van der Waals surface area contributed by atoms with Crippen LogP contribution in [0.25, 0.3) is 10.6 Å². The number of aromatic nitrogens is 1. The van der Waals surface area contributed by atoms with E-state index in [9.17, 15) is 4.79 Å². The first-order valence-corrected chi connectivity index (χ1v) is 5.93. The fraction of sp³-hybridized carbons (Fsp3) is 0.167. The molecule has 0 aliphatic heterocycles. The van der Waals surface area contributed by atoms with Gasteiger partial charge in [-0.1, -0.05) is 24.3 Å². The van der Waals surface area contributed by atoms with Crippen LogP contribution in [0.15, 0.2) is 24.3 Å². The summed E-state index contributed by atoms with van der Waals surface area (Å²) < 4.78 is 0. The highest BCUT2D eigenvalue weighted by atomic mass is 32.1. The van der Waals surface area contributed by atoms with Crippen LogP contribution >= 0.6 is 11.3 Å². The molecular weight excluding hydrogens is 236 g/mol. The van der Waals surface area contributed by atoms with Gasteiger partial charge in [0.2, 0.25) is 0 Å². The molecule has 3 N–H and O–H groups in total. The van der Waals surface area contributed by atoms with E-state index in [4.69, 9.17) is 10.8 Å². The lowest BCUT2D eigenvalue weighted by Crippen LogP contribution is -1.98. The van der Waals surface area contributed by atoms with Gasteiger partial charge in [0.25, 0.3) is 0 Å². The normalized spacial score (nSPS) is 10.5. The maximum atomic E-state index is 10.9. The molecule has 0 radical (unpaired) electrons.